The predicted octanol–water partition coefficient (Wildman–Crippen LogP) is 4.11. The fraction of sp³-hybridized carbons (Fsp3) is 0.483. The molecule has 1 fully saturated rings. The van der Waals surface area contributed by atoms with E-state index in [2.05, 4.69) is 29.2 Å². The van der Waals surface area contributed by atoms with Gasteiger partial charge in [0.05, 0.1) is 29.7 Å². The molecule has 0 bridgehead atoms. The van der Waals surface area contributed by atoms with Crippen LogP contribution in [-0.2, 0) is 11.3 Å². The molecule has 4 rings (SSSR count). The molecule has 2 heterocycles. The number of hydrogen-bond donors (Lipinski definition) is 1. The van der Waals surface area contributed by atoms with Crippen molar-refractivity contribution >= 4 is 22.9 Å². The molecule has 9 nitrogen and oxygen atoms in total. The molecule has 0 aliphatic carbocycles. The number of imidazole rings is 1. The van der Waals surface area contributed by atoms with Gasteiger partial charge in [0.1, 0.15) is 6.61 Å². The first-order valence-corrected chi connectivity index (χ1v) is 13.7. The SMILES string of the molecule is CCOc1nc2ccc(C(=O)NN3CCCCC3)cc2n1Cc1ccc(C(=O)OCCN(CC)CC)cc1. The zero-order valence-electron chi connectivity index (χ0n) is 22.7. The minimum Gasteiger partial charge on any atom is -0.465 e. The number of aromatic nitrogens is 2. The van der Waals surface area contributed by atoms with Gasteiger partial charge in [-0.25, -0.2) is 9.80 Å². The van der Waals surface area contributed by atoms with Crippen LogP contribution in [0.25, 0.3) is 11.0 Å². The summed E-state index contributed by atoms with van der Waals surface area (Å²) in [7, 11) is 0. The molecule has 1 amide bonds. The quantitative estimate of drug-likeness (QED) is 0.359. The first kappa shape index (κ1) is 27.6. The first-order chi connectivity index (χ1) is 18.5. The second kappa shape index (κ2) is 13.4. The highest BCUT2D eigenvalue weighted by Gasteiger charge is 2.18. The monoisotopic (exact) mass is 521 g/mol. The molecule has 38 heavy (non-hydrogen) atoms. The van der Waals surface area contributed by atoms with Crippen molar-refractivity contribution in [2.75, 3.05) is 45.9 Å². The molecule has 2 aromatic carbocycles. The summed E-state index contributed by atoms with van der Waals surface area (Å²) in [5.74, 6) is -0.445. The Kier molecular flexibility index (Phi) is 9.73. The zero-order chi connectivity index (χ0) is 26.9. The average Bonchev–Trinajstić information content (AvgIpc) is 3.28. The van der Waals surface area contributed by atoms with Crippen LogP contribution in [0.4, 0.5) is 0 Å². The minimum atomic E-state index is -0.323. The Balaban J connectivity index is 1.48. The van der Waals surface area contributed by atoms with Crippen LogP contribution in [0, 0.1) is 0 Å². The third-order valence-electron chi connectivity index (χ3n) is 6.93. The number of fused-ring (bicyclic) bond motifs is 1. The number of rotatable bonds is 12. The smallest absolute Gasteiger partial charge is 0.338 e. The lowest BCUT2D eigenvalue weighted by Gasteiger charge is -2.26. The fourth-order valence-corrected chi connectivity index (χ4v) is 4.67. The summed E-state index contributed by atoms with van der Waals surface area (Å²) in [6, 6.07) is 13.4. The van der Waals surface area contributed by atoms with E-state index in [4.69, 9.17) is 9.47 Å². The van der Waals surface area contributed by atoms with E-state index in [0.717, 1.165) is 62.2 Å². The standard InChI is InChI=1S/C29H39N5O4/c1-4-32(5-2)18-19-38-28(36)23-12-10-22(11-13-23)21-34-26-20-24(14-15-25(26)30-29(34)37-6-3)27(35)31-33-16-8-7-9-17-33/h10-15,20H,4-9,16-19,21H2,1-3H3,(H,31,35). The van der Waals surface area contributed by atoms with Crippen molar-refractivity contribution in [3.05, 3.63) is 59.2 Å². The third kappa shape index (κ3) is 6.90. The number of amides is 1. The van der Waals surface area contributed by atoms with Gasteiger partial charge >= 0.3 is 5.97 Å². The predicted molar refractivity (Wildman–Crippen MR) is 147 cm³/mol. The summed E-state index contributed by atoms with van der Waals surface area (Å²) >= 11 is 0. The number of hydrazine groups is 1. The Morgan fingerprint density at radius 3 is 2.37 bits per heavy atom. The van der Waals surface area contributed by atoms with Crippen molar-refractivity contribution in [1.29, 1.82) is 0 Å². The van der Waals surface area contributed by atoms with Gasteiger partial charge in [0, 0.05) is 25.2 Å². The Labute approximate surface area is 224 Å². The lowest BCUT2D eigenvalue weighted by atomic mass is 10.1. The van der Waals surface area contributed by atoms with E-state index in [1.165, 1.54) is 6.42 Å². The van der Waals surface area contributed by atoms with E-state index in [0.29, 0.717) is 36.9 Å². The van der Waals surface area contributed by atoms with Gasteiger partial charge in [0.15, 0.2) is 0 Å². The number of ether oxygens (including phenoxy) is 2. The van der Waals surface area contributed by atoms with Crippen molar-refractivity contribution in [1.82, 2.24) is 24.9 Å². The van der Waals surface area contributed by atoms with Gasteiger partial charge in [-0.05, 0) is 68.8 Å². The zero-order valence-corrected chi connectivity index (χ0v) is 22.7. The molecule has 0 atom stereocenters. The number of hydrogen-bond acceptors (Lipinski definition) is 7. The molecule has 3 aromatic rings. The van der Waals surface area contributed by atoms with Crippen LogP contribution in [0.5, 0.6) is 6.01 Å². The van der Waals surface area contributed by atoms with E-state index < -0.39 is 0 Å². The maximum Gasteiger partial charge on any atom is 0.338 e. The van der Waals surface area contributed by atoms with Crippen molar-refractivity contribution < 1.29 is 19.1 Å². The molecule has 1 aliphatic heterocycles. The van der Waals surface area contributed by atoms with Gasteiger partial charge in [-0.2, -0.15) is 4.98 Å². The Hall–Kier alpha value is -3.43. The molecule has 1 saturated heterocycles. The summed E-state index contributed by atoms with van der Waals surface area (Å²) in [5.41, 5.74) is 6.69. The van der Waals surface area contributed by atoms with Crippen LogP contribution in [0.15, 0.2) is 42.5 Å². The summed E-state index contributed by atoms with van der Waals surface area (Å²) in [6.45, 7) is 11.8. The highest BCUT2D eigenvalue weighted by Crippen LogP contribution is 2.25. The van der Waals surface area contributed by atoms with Crippen LogP contribution >= 0.6 is 0 Å². The Morgan fingerprint density at radius 2 is 1.68 bits per heavy atom. The highest BCUT2D eigenvalue weighted by atomic mass is 16.5. The lowest BCUT2D eigenvalue weighted by Crippen LogP contribution is -2.45. The molecule has 1 N–H and O–H groups in total. The van der Waals surface area contributed by atoms with Gasteiger partial charge in [-0.1, -0.05) is 32.4 Å². The summed E-state index contributed by atoms with van der Waals surface area (Å²) in [6.07, 6.45) is 3.39. The summed E-state index contributed by atoms with van der Waals surface area (Å²) in [4.78, 5) is 32.3. The number of likely N-dealkylation sites (N-methyl/N-ethyl adjacent to an activating group) is 1. The van der Waals surface area contributed by atoms with Crippen LogP contribution in [0.1, 0.15) is 66.3 Å². The van der Waals surface area contributed by atoms with Gasteiger partial charge in [0.2, 0.25) is 0 Å². The molecule has 0 spiro atoms. The fourth-order valence-electron chi connectivity index (χ4n) is 4.67. The van der Waals surface area contributed by atoms with Crippen molar-refractivity contribution in [2.24, 2.45) is 0 Å². The number of benzene rings is 2. The molecule has 0 unspecified atom stereocenters. The number of carbonyl (C=O) groups is 2. The highest BCUT2D eigenvalue weighted by molar-refractivity contribution is 5.97. The van der Waals surface area contributed by atoms with Gasteiger partial charge in [0.25, 0.3) is 11.9 Å². The number of esters is 1. The topological polar surface area (TPSA) is 88.9 Å². The number of nitrogens with one attached hydrogen (secondary N) is 1. The third-order valence-corrected chi connectivity index (χ3v) is 6.93. The second-order valence-electron chi connectivity index (χ2n) is 9.47. The van der Waals surface area contributed by atoms with Crippen LogP contribution in [0.3, 0.4) is 0 Å². The molecule has 9 heteroatoms. The van der Waals surface area contributed by atoms with E-state index in [1.807, 2.05) is 40.8 Å². The van der Waals surface area contributed by atoms with E-state index in [9.17, 15) is 9.59 Å². The van der Waals surface area contributed by atoms with Crippen LogP contribution in [0.2, 0.25) is 0 Å². The van der Waals surface area contributed by atoms with E-state index >= 15 is 0 Å². The Morgan fingerprint density at radius 1 is 0.974 bits per heavy atom. The summed E-state index contributed by atoms with van der Waals surface area (Å²) < 4.78 is 13.2. The molecule has 0 radical (unpaired) electrons. The lowest BCUT2D eigenvalue weighted by molar-refractivity contribution is 0.0466. The number of nitrogens with zero attached hydrogens (tertiary/aromatic N) is 4. The number of carbonyl (C=O) groups excluding carboxylic acids is 2. The van der Waals surface area contributed by atoms with Gasteiger partial charge in [-0.15, -0.1) is 0 Å². The van der Waals surface area contributed by atoms with E-state index in [1.54, 1.807) is 18.2 Å². The molecule has 204 valence electrons. The molecule has 0 saturated carbocycles. The van der Waals surface area contributed by atoms with Gasteiger partial charge < -0.3 is 14.4 Å². The van der Waals surface area contributed by atoms with Crippen molar-refractivity contribution in [2.45, 2.75) is 46.6 Å². The Bertz CT molecular complexity index is 1210. The molecule has 1 aromatic heterocycles. The second-order valence-corrected chi connectivity index (χ2v) is 9.47. The molecular weight excluding hydrogens is 482 g/mol. The first-order valence-electron chi connectivity index (χ1n) is 13.7. The van der Waals surface area contributed by atoms with E-state index in [-0.39, 0.29) is 11.9 Å². The van der Waals surface area contributed by atoms with Crippen LogP contribution < -0.4 is 10.2 Å². The normalized spacial score (nSPS) is 14.1. The molecule has 1 aliphatic rings. The molecular formula is C29H39N5O4. The maximum atomic E-state index is 12.9. The average molecular weight is 522 g/mol. The largest absolute Gasteiger partial charge is 0.465 e. The van der Waals surface area contributed by atoms with Crippen molar-refractivity contribution in [3.8, 4) is 6.01 Å². The van der Waals surface area contributed by atoms with Gasteiger partial charge in [-0.3, -0.25) is 14.8 Å². The van der Waals surface area contributed by atoms with Crippen molar-refractivity contribution in [3.63, 3.8) is 0 Å². The summed E-state index contributed by atoms with van der Waals surface area (Å²) in [5, 5.41) is 2.00. The maximum absolute atomic E-state index is 12.9. The van der Waals surface area contributed by atoms with Crippen LogP contribution in [-0.4, -0.2) is 77.3 Å². The minimum absolute atomic E-state index is 0.122. The number of piperidine rings is 1.